The van der Waals surface area contributed by atoms with E-state index in [9.17, 15) is 14.7 Å². The Bertz CT molecular complexity index is 1030. The first-order valence-corrected chi connectivity index (χ1v) is 11.2. The van der Waals surface area contributed by atoms with E-state index in [1.165, 1.54) is 11.0 Å². The van der Waals surface area contributed by atoms with Gasteiger partial charge in [-0.05, 0) is 56.1 Å². The van der Waals surface area contributed by atoms with Gasteiger partial charge in [-0.15, -0.1) is 10.2 Å². The zero-order valence-electron chi connectivity index (χ0n) is 18.1. The number of carboxylic acids is 1. The van der Waals surface area contributed by atoms with Crippen molar-refractivity contribution in [3.8, 4) is 17.4 Å². The molecule has 1 N–H and O–H groups in total. The van der Waals surface area contributed by atoms with Crippen molar-refractivity contribution in [1.82, 2.24) is 15.1 Å². The van der Waals surface area contributed by atoms with Crippen LogP contribution in [0.1, 0.15) is 56.1 Å². The molecule has 2 aliphatic rings. The zero-order valence-corrected chi connectivity index (χ0v) is 18.9. The number of ether oxygens (including phenoxy) is 2. The first kappa shape index (κ1) is 22.3. The molecule has 0 unspecified atom stereocenters. The predicted molar refractivity (Wildman–Crippen MR) is 117 cm³/mol. The van der Waals surface area contributed by atoms with Crippen LogP contribution >= 0.6 is 11.6 Å². The minimum atomic E-state index is -0.821. The standard InChI is InChI=1S/C23H26ClN3O5/c1-3-23(21(28)29)9-11-27(12-10-23)22(30)31-17-13-18(24)25-26-20(17)32-19-14(2)5-4-6-16(19)15-7-8-15/h4-6,13,15H,3,7-12H2,1-2H3,(H,28,29). The number of likely N-dealkylation sites (tertiary alicyclic amines) is 1. The van der Waals surface area contributed by atoms with Gasteiger partial charge in [-0.1, -0.05) is 36.7 Å². The van der Waals surface area contributed by atoms with Crippen molar-refractivity contribution in [3.05, 3.63) is 40.5 Å². The Labute approximate surface area is 191 Å². The van der Waals surface area contributed by atoms with Crippen molar-refractivity contribution in [2.75, 3.05) is 13.1 Å². The van der Waals surface area contributed by atoms with Gasteiger partial charge in [0.1, 0.15) is 5.75 Å². The Morgan fingerprint density at radius 2 is 1.97 bits per heavy atom. The van der Waals surface area contributed by atoms with E-state index in [1.807, 2.05) is 32.0 Å². The summed E-state index contributed by atoms with van der Waals surface area (Å²) in [5, 5.41) is 17.5. The number of benzene rings is 1. The highest BCUT2D eigenvalue weighted by Gasteiger charge is 2.41. The molecule has 170 valence electrons. The molecular formula is C23H26ClN3O5. The molecule has 2 aromatic rings. The van der Waals surface area contributed by atoms with Crippen molar-refractivity contribution in [3.63, 3.8) is 0 Å². The van der Waals surface area contributed by atoms with Crippen molar-refractivity contribution < 1.29 is 24.2 Å². The highest BCUT2D eigenvalue weighted by atomic mass is 35.5. The average Bonchev–Trinajstić information content (AvgIpc) is 3.62. The lowest BCUT2D eigenvalue weighted by atomic mass is 9.76. The Hall–Kier alpha value is -2.87. The molecule has 32 heavy (non-hydrogen) atoms. The second-order valence-electron chi connectivity index (χ2n) is 8.50. The average molecular weight is 460 g/mol. The van der Waals surface area contributed by atoms with Crippen molar-refractivity contribution in [1.29, 1.82) is 0 Å². The summed E-state index contributed by atoms with van der Waals surface area (Å²) < 4.78 is 11.7. The van der Waals surface area contributed by atoms with Crippen LogP contribution < -0.4 is 9.47 Å². The van der Waals surface area contributed by atoms with E-state index >= 15 is 0 Å². The number of aliphatic carboxylic acids is 1. The molecule has 0 atom stereocenters. The van der Waals surface area contributed by atoms with Crippen molar-refractivity contribution >= 4 is 23.7 Å². The highest BCUT2D eigenvalue weighted by Crippen LogP contribution is 2.47. The lowest BCUT2D eigenvalue weighted by Gasteiger charge is -2.37. The van der Waals surface area contributed by atoms with Gasteiger partial charge in [0, 0.05) is 19.2 Å². The Kier molecular flexibility index (Phi) is 6.24. The molecule has 1 aliphatic heterocycles. The van der Waals surface area contributed by atoms with Gasteiger partial charge in [0.2, 0.25) is 0 Å². The molecule has 2 fully saturated rings. The molecule has 1 amide bonds. The number of hydrogen-bond donors (Lipinski definition) is 1. The second-order valence-corrected chi connectivity index (χ2v) is 8.89. The Morgan fingerprint density at radius 3 is 2.59 bits per heavy atom. The summed E-state index contributed by atoms with van der Waals surface area (Å²) in [5.74, 6) is 0.460. The predicted octanol–water partition coefficient (Wildman–Crippen LogP) is 5.18. The lowest BCUT2D eigenvalue weighted by molar-refractivity contribution is -0.152. The van der Waals surface area contributed by atoms with E-state index < -0.39 is 17.5 Å². The smallest absolute Gasteiger partial charge is 0.415 e. The quantitative estimate of drug-likeness (QED) is 0.634. The fourth-order valence-corrected chi connectivity index (χ4v) is 4.24. The first-order chi connectivity index (χ1) is 15.3. The lowest BCUT2D eigenvalue weighted by Crippen LogP contribution is -2.47. The van der Waals surface area contributed by atoms with Crippen LogP contribution in [0.5, 0.6) is 17.4 Å². The topological polar surface area (TPSA) is 102 Å². The van der Waals surface area contributed by atoms with Gasteiger partial charge < -0.3 is 19.5 Å². The number of rotatable bonds is 6. The van der Waals surface area contributed by atoms with Gasteiger partial charge in [-0.25, -0.2) is 4.79 Å². The summed E-state index contributed by atoms with van der Waals surface area (Å²) in [6.07, 6.45) is 2.90. The molecule has 1 saturated carbocycles. The number of aromatic nitrogens is 2. The molecule has 1 saturated heterocycles. The van der Waals surface area contributed by atoms with E-state index in [0.717, 1.165) is 24.0 Å². The maximum Gasteiger partial charge on any atom is 0.415 e. The number of nitrogens with zero attached hydrogens (tertiary/aromatic N) is 3. The third-order valence-corrected chi connectivity index (χ3v) is 6.65. The first-order valence-electron chi connectivity index (χ1n) is 10.8. The summed E-state index contributed by atoms with van der Waals surface area (Å²) in [4.78, 5) is 26.0. The molecule has 1 aromatic heterocycles. The number of carbonyl (C=O) groups is 2. The number of piperidine rings is 1. The number of para-hydroxylation sites is 1. The summed E-state index contributed by atoms with van der Waals surface area (Å²) in [6.45, 7) is 4.40. The van der Waals surface area contributed by atoms with Crippen LogP contribution in [0.15, 0.2) is 24.3 Å². The van der Waals surface area contributed by atoms with E-state index in [-0.39, 0.29) is 16.8 Å². The number of carbonyl (C=O) groups excluding carboxylic acids is 1. The number of amides is 1. The van der Waals surface area contributed by atoms with Gasteiger partial charge >= 0.3 is 12.1 Å². The maximum atomic E-state index is 12.8. The molecular weight excluding hydrogens is 434 g/mol. The summed E-state index contributed by atoms with van der Waals surface area (Å²) in [5.41, 5.74) is 1.25. The molecule has 4 rings (SSSR count). The zero-order chi connectivity index (χ0) is 22.9. The molecule has 0 bridgehead atoms. The monoisotopic (exact) mass is 459 g/mol. The van der Waals surface area contributed by atoms with Gasteiger partial charge in [-0.3, -0.25) is 4.79 Å². The fraction of sp³-hybridized carbons (Fsp3) is 0.478. The number of carboxylic acid groups (broad SMARTS) is 1. The van der Waals surface area contributed by atoms with Crippen LogP contribution in [0.4, 0.5) is 4.79 Å². The van der Waals surface area contributed by atoms with E-state index in [2.05, 4.69) is 10.2 Å². The van der Waals surface area contributed by atoms with Crippen LogP contribution in [0.2, 0.25) is 5.15 Å². The molecule has 0 spiro atoms. The van der Waals surface area contributed by atoms with Crippen LogP contribution in [-0.4, -0.2) is 45.4 Å². The molecule has 8 nitrogen and oxygen atoms in total. The van der Waals surface area contributed by atoms with E-state index in [0.29, 0.717) is 44.0 Å². The molecule has 1 aliphatic carbocycles. The van der Waals surface area contributed by atoms with Crippen molar-refractivity contribution in [2.45, 2.75) is 51.9 Å². The molecule has 9 heteroatoms. The van der Waals surface area contributed by atoms with Gasteiger partial charge in [-0.2, -0.15) is 0 Å². The summed E-state index contributed by atoms with van der Waals surface area (Å²) >= 11 is 6.00. The SMILES string of the molecule is CCC1(C(=O)O)CCN(C(=O)Oc2cc(Cl)nnc2Oc2c(C)cccc2C2CC2)CC1. The fourth-order valence-electron chi connectivity index (χ4n) is 4.11. The van der Waals surface area contributed by atoms with E-state index in [1.54, 1.807) is 0 Å². The number of halogens is 1. The minimum Gasteiger partial charge on any atom is -0.481 e. The highest BCUT2D eigenvalue weighted by molar-refractivity contribution is 6.29. The van der Waals surface area contributed by atoms with Crippen molar-refractivity contribution in [2.24, 2.45) is 5.41 Å². The normalized spacial score (nSPS) is 17.7. The van der Waals surface area contributed by atoms with Crippen LogP contribution in [-0.2, 0) is 4.79 Å². The van der Waals surface area contributed by atoms with Gasteiger partial charge in [0.25, 0.3) is 5.88 Å². The number of aryl methyl sites for hydroxylation is 1. The Morgan fingerprint density at radius 1 is 1.25 bits per heavy atom. The molecule has 1 aromatic carbocycles. The number of hydrogen-bond acceptors (Lipinski definition) is 6. The van der Waals surface area contributed by atoms with Crippen LogP contribution in [0, 0.1) is 12.3 Å². The third-order valence-electron chi connectivity index (χ3n) is 6.46. The molecule has 2 heterocycles. The van der Waals surface area contributed by atoms with Gasteiger partial charge in [0.05, 0.1) is 5.41 Å². The maximum absolute atomic E-state index is 12.8. The van der Waals surface area contributed by atoms with Crippen LogP contribution in [0.3, 0.4) is 0 Å². The van der Waals surface area contributed by atoms with Crippen LogP contribution in [0.25, 0.3) is 0 Å². The van der Waals surface area contributed by atoms with E-state index in [4.69, 9.17) is 21.1 Å². The largest absolute Gasteiger partial charge is 0.481 e. The summed E-state index contributed by atoms with van der Waals surface area (Å²) in [7, 11) is 0. The second kappa shape index (κ2) is 8.94. The molecule has 0 radical (unpaired) electrons. The summed E-state index contributed by atoms with van der Waals surface area (Å²) in [6, 6.07) is 7.38. The minimum absolute atomic E-state index is 0.0596. The Balaban J connectivity index is 1.51. The van der Waals surface area contributed by atoms with Gasteiger partial charge in [0.15, 0.2) is 10.9 Å². The third kappa shape index (κ3) is 4.50.